The van der Waals surface area contributed by atoms with Crippen LogP contribution in [-0.2, 0) is 12.8 Å². The van der Waals surface area contributed by atoms with E-state index < -0.39 is 0 Å². The van der Waals surface area contributed by atoms with Crippen LogP contribution in [0.15, 0.2) is 24.3 Å². The van der Waals surface area contributed by atoms with Crippen molar-refractivity contribution in [2.24, 2.45) is 0 Å². The van der Waals surface area contributed by atoms with Gasteiger partial charge in [-0.25, -0.2) is 0 Å². The van der Waals surface area contributed by atoms with Gasteiger partial charge in [0.25, 0.3) is 0 Å². The van der Waals surface area contributed by atoms with Crippen molar-refractivity contribution in [2.75, 3.05) is 0 Å². The topological polar surface area (TPSA) is 0 Å². The summed E-state index contributed by atoms with van der Waals surface area (Å²) in [5, 5.41) is 0.456. The third-order valence-corrected chi connectivity index (χ3v) is 2.14. The van der Waals surface area contributed by atoms with E-state index in [1.165, 1.54) is 11.1 Å². The Hall–Kier alpha value is -0.430. The first-order valence-electron chi connectivity index (χ1n) is 4.48. The maximum absolute atomic E-state index is 4.36. The van der Waals surface area contributed by atoms with Crippen LogP contribution in [0.2, 0.25) is 0 Å². The number of hydrogen-bond donors (Lipinski definition) is 1. The Balaban J connectivity index is 2.65. The molecular formula is C11H16S. The fraction of sp³-hybridized carbons (Fsp3) is 0.455. The van der Waals surface area contributed by atoms with Crippen LogP contribution in [-0.4, -0.2) is 5.25 Å². The molecule has 1 atom stereocenters. The van der Waals surface area contributed by atoms with Crippen LogP contribution in [0.4, 0.5) is 0 Å². The van der Waals surface area contributed by atoms with Crippen molar-refractivity contribution in [3.05, 3.63) is 35.4 Å². The molecule has 1 heteroatoms. The maximum Gasteiger partial charge on any atom is 0.00288 e. The molecule has 0 saturated carbocycles. The molecule has 0 bridgehead atoms. The van der Waals surface area contributed by atoms with Gasteiger partial charge in [0, 0.05) is 5.25 Å². The molecule has 0 aliphatic carbocycles. The van der Waals surface area contributed by atoms with Gasteiger partial charge in [0.2, 0.25) is 0 Å². The molecule has 12 heavy (non-hydrogen) atoms. The second-order valence-electron chi connectivity index (χ2n) is 3.22. The molecule has 0 aliphatic heterocycles. The fourth-order valence-corrected chi connectivity index (χ4v) is 1.46. The summed E-state index contributed by atoms with van der Waals surface area (Å²) >= 11 is 4.36. The molecular weight excluding hydrogens is 164 g/mol. The molecule has 1 aromatic carbocycles. The molecule has 0 saturated heterocycles. The van der Waals surface area contributed by atoms with Crippen LogP contribution in [0.25, 0.3) is 0 Å². The summed E-state index contributed by atoms with van der Waals surface area (Å²) in [4.78, 5) is 0. The van der Waals surface area contributed by atoms with Crippen LogP contribution in [0.1, 0.15) is 25.0 Å². The number of benzene rings is 1. The standard InChI is InChI=1S/C11H16S/c1-3-10-4-6-11(7-5-10)8-9(2)12/h4-7,9,12H,3,8H2,1-2H3. The van der Waals surface area contributed by atoms with Crippen molar-refractivity contribution >= 4 is 12.6 Å². The SMILES string of the molecule is CCc1ccc(CC(C)S)cc1. The van der Waals surface area contributed by atoms with Crippen LogP contribution >= 0.6 is 12.6 Å². The highest BCUT2D eigenvalue weighted by Gasteiger charge is 1.97. The summed E-state index contributed by atoms with van der Waals surface area (Å²) in [6.07, 6.45) is 2.18. The lowest BCUT2D eigenvalue weighted by Crippen LogP contribution is -1.96. The van der Waals surface area contributed by atoms with Gasteiger partial charge in [-0.05, 0) is 24.0 Å². The molecule has 0 aromatic heterocycles. The molecule has 0 N–H and O–H groups in total. The number of hydrogen-bond acceptors (Lipinski definition) is 1. The lowest BCUT2D eigenvalue weighted by atomic mass is 10.1. The molecule has 0 heterocycles. The normalized spacial score (nSPS) is 12.9. The van der Waals surface area contributed by atoms with Crippen LogP contribution < -0.4 is 0 Å². The summed E-state index contributed by atoms with van der Waals surface area (Å²) in [5.74, 6) is 0. The van der Waals surface area contributed by atoms with E-state index in [9.17, 15) is 0 Å². The van der Waals surface area contributed by atoms with Crippen molar-refractivity contribution in [3.8, 4) is 0 Å². The van der Waals surface area contributed by atoms with Gasteiger partial charge in [0.1, 0.15) is 0 Å². The first-order chi connectivity index (χ1) is 5.72. The average molecular weight is 180 g/mol. The average Bonchev–Trinajstić information content (AvgIpc) is 2.05. The maximum atomic E-state index is 4.36. The Kier molecular flexibility index (Phi) is 3.67. The summed E-state index contributed by atoms with van der Waals surface area (Å²) in [7, 11) is 0. The second-order valence-corrected chi connectivity index (χ2v) is 4.10. The van der Waals surface area contributed by atoms with Crippen molar-refractivity contribution in [2.45, 2.75) is 31.9 Å². The monoisotopic (exact) mass is 180 g/mol. The Morgan fingerprint density at radius 2 is 1.67 bits per heavy atom. The molecule has 66 valence electrons. The van der Waals surface area contributed by atoms with E-state index in [1.807, 2.05) is 0 Å². The van der Waals surface area contributed by atoms with E-state index in [0.29, 0.717) is 5.25 Å². The minimum absolute atomic E-state index is 0.456. The largest absolute Gasteiger partial charge is 0.176 e. The Labute approximate surface area is 80.4 Å². The first-order valence-corrected chi connectivity index (χ1v) is 5.00. The van der Waals surface area contributed by atoms with E-state index in [0.717, 1.165) is 12.8 Å². The van der Waals surface area contributed by atoms with E-state index in [-0.39, 0.29) is 0 Å². The van der Waals surface area contributed by atoms with Crippen LogP contribution in [0, 0.1) is 0 Å². The molecule has 0 nitrogen and oxygen atoms in total. The Morgan fingerprint density at radius 1 is 1.17 bits per heavy atom. The predicted molar refractivity (Wildman–Crippen MR) is 58.0 cm³/mol. The van der Waals surface area contributed by atoms with Crippen molar-refractivity contribution in [3.63, 3.8) is 0 Å². The van der Waals surface area contributed by atoms with E-state index in [2.05, 4.69) is 50.7 Å². The van der Waals surface area contributed by atoms with Gasteiger partial charge in [0.15, 0.2) is 0 Å². The minimum atomic E-state index is 0.456. The summed E-state index contributed by atoms with van der Waals surface area (Å²) < 4.78 is 0. The van der Waals surface area contributed by atoms with Crippen molar-refractivity contribution < 1.29 is 0 Å². The van der Waals surface area contributed by atoms with E-state index >= 15 is 0 Å². The molecule has 0 aliphatic rings. The fourth-order valence-electron chi connectivity index (χ4n) is 1.25. The van der Waals surface area contributed by atoms with Crippen LogP contribution in [0.5, 0.6) is 0 Å². The van der Waals surface area contributed by atoms with Crippen LogP contribution in [0.3, 0.4) is 0 Å². The van der Waals surface area contributed by atoms with Gasteiger partial charge < -0.3 is 0 Å². The van der Waals surface area contributed by atoms with Gasteiger partial charge >= 0.3 is 0 Å². The Bertz CT molecular complexity index is 223. The lowest BCUT2D eigenvalue weighted by molar-refractivity contribution is 0.948. The number of rotatable bonds is 3. The van der Waals surface area contributed by atoms with Gasteiger partial charge in [-0.15, -0.1) is 0 Å². The number of thiol groups is 1. The minimum Gasteiger partial charge on any atom is -0.176 e. The third kappa shape index (κ3) is 2.90. The highest BCUT2D eigenvalue weighted by atomic mass is 32.1. The summed E-state index contributed by atoms with van der Waals surface area (Å²) in [6.45, 7) is 4.30. The first kappa shape index (κ1) is 9.66. The molecule has 1 unspecified atom stereocenters. The zero-order chi connectivity index (χ0) is 8.97. The third-order valence-electron chi connectivity index (χ3n) is 1.96. The molecule has 0 radical (unpaired) electrons. The smallest absolute Gasteiger partial charge is 0.00288 e. The molecule has 1 rings (SSSR count). The zero-order valence-electron chi connectivity index (χ0n) is 7.75. The molecule has 0 amide bonds. The summed E-state index contributed by atoms with van der Waals surface area (Å²) in [6, 6.07) is 8.80. The van der Waals surface area contributed by atoms with Gasteiger partial charge in [-0.1, -0.05) is 38.1 Å². The molecule has 0 fully saturated rings. The molecule has 0 spiro atoms. The van der Waals surface area contributed by atoms with Gasteiger partial charge in [0.05, 0.1) is 0 Å². The van der Waals surface area contributed by atoms with Gasteiger partial charge in [-0.3, -0.25) is 0 Å². The summed E-state index contributed by atoms with van der Waals surface area (Å²) in [5.41, 5.74) is 2.79. The van der Waals surface area contributed by atoms with Crippen molar-refractivity contribution in [1.82, 2.24) is 0 Å². The lowest BCUT2D eigenvalue weighted by Gasteiger charge is -2.04. The van der Waals surface area contributed by atoms with Gasteiger partial charge in [-0.2, -0.15) is 12.6 Å². The molecule has 1 aromatic rings. The van der Waals surface area contributed by atoms with E-state index in [4.69, 9.17) is 0 Å². The van der Waals surface area contributed by atoms with Crippen molar-refractivity contribution in [1.29, 1.82) is 0 Å². The number of aryl methyl sites for hydroxylation is 1. The highest BCUT2D eigenvalue weighted by molar-refractivity contribution is 7.80. The zero-order valence-corrected chi connectivity index (χ0v) is 8.64. The van der Waals surface area contributed by atoms with E-state index in [1.54, 1.807) is 0 Å². The predicted octanol–water partition coefficient (Wildman–Crippen LogP) is 3.11. The quantitative estimate of drug-likeness (QED) is 0.679. The second kappa shape index (κ2) is 4.56. The Morgan fingerprint density at radius 3 is 2.08 bits per heavy atom. The highest BCUT2D eigenvalue weighted by Crippen LogP contribution is 2.09.